The molecule has 1 aromatic rings. The molecule has 0 bridgehead atoms. The van der Waals surface area contributed by atoms with E-state index in [9.17, 15) is 14.7 Å². The number of aliphatic hydroxyl groups is 1. The van der Waals surface area contributed by atoms with E-state index in [2.05, 4.69) is 13.0 Å². The maximum atomic E-state index is 12.5. The highest BCUT2D eigenvalue weighted by molar-refractivity contribution is 6.21. The number of nitrogens with zero attached hydrogens (tertiary/aromatic N) is 1. The first kappa shape index (κ1) is 20.9. The molecular weight excluding hydrogens is 394 g/mol. The first-order chi connectivity index (χ1) is 15.0. The maximum Gasteiger partial charge on any atom is 0.261 e. The number of hydrogen-bond acceptors (Lipinski definition) is 5. The number of rotatable bonds is 7. The SMILES string of the molecule is CCC1CC2C1=CCC2(O)OOC1CCC(CCN2C(=O)c3ccccc3C2=O)CC1. The fraction of sp³-hybridized carbons (Fsp3) is 0.600. The average Bonchev–Trinajstić information content (AvgIpc) is 3.17. The Labute approximate surface area is 183 Å². The quantitative estimate of drug-likeness (QED) is 0.232. The molecule has 1 aromatic carbocycles. The minimum absolute atomic E-state index is 0.00863. The van der Waals surface area contributed by atoms with Crippen molar-refractivity contribution < 1.29 is 24.5 Å². The van der Waals surface area contributed by atoms with Gasteiger partial charge in [0.2, 0.25) is 5.79 Å². The molecule has 6 heteroatoms. The first-order valence-corrected chi connectivity index (χ1v) is 11.7. The van der Waals surface area contributed by atoms with Gasteiger partial charge in [-0.05, 0) is 68.9 Å². The number of carbonyl (C=O) groups excluding carboxylic acids is 2. The van der Waals surface area contributed by atoms with Gasteiger partial charge in [-0.15, -0.1) is 0 Å². The van der Waals surface area contributed by atoms with Gasteiger partial charge < -0.3 is 5.11 Å². The minimum atomic E-state index is -1.19. The highest BCUT2D eigenvalue weighted by Crippen LogP contribution is 2.54. The molecule has 0 radical (unpaired) electrons. The van der Waals surface area contributed by atoms with E-state index in [0.29, 0.717) is 35.9 Å². The molecule has 4 aliphatic rings. The molecular formula is C25H31NO5. The summed E-state index contributed by atoms with van der Waals surface area (Å²) in [4.78, 5) is 37.7. The van der Waals surface area contributed by atoms with Gasteiger partial charge in [0.25, 0.3) is 11.8 Å². The molecule has 2 amide bonds. The lowest BCUT2D eigenvalue weighted by atomic mass is 9.68. The summed E-state index contributed by atoms with van der Waals surface area (Å²) in [7, 11) is 0. The van der Waals surface area contributed by atoms with E-state index in [4.69, 9.17) is 9.78 Å². The van der Waals surface area contributed by atoms with Crippen LogP contribution in [0.4, 0.5) is 0 Å². The fourth-order valence-electron chi connectivity index (χ4n) is 5.76. The Morgan fingerprint density at radius 1 is 1.10 bits per heavy atom. The molecule has 166 valence electrons. The van der Waals surface area contributed by atoms with E-state index < -0.39 is 5.79 Å². The predicted molar refractivity (Wildman–Crippen MR) is 114 cm³/mol. The van der Waals surface area contributed by atoms with Gasteiger partial charge in [0.05, 0.1) is 17.2 Å². The second-order valence-electron chi connectivity index (χ2n) is 9.57. The minimum Gasteiger partial charge on any atom is -0.363 e. The lowest BCUT2D eigenvalue weighted by Crippen LogP contribution is -2.45. The van der Waals surface area contributed by atoms with Crippen molar-refractivity contribution in [2.75, 3.05) is 6.54 Å². The van der Waals surface area contributed by atoms with Crippen molar-refractivity contribution in [3.8, 4) is 0 Å². The van der Waals surface area contributed by atoms with Crippen LogP contribution in [0, 0.1) is 17.8 Å². The number of hydrogen-bond donors (Lipinski definition) is 1. The second kappa shape index (κ2) is 8.15. The smallest absolute Gasteiger partial charge is 0.261 e. The van der Waals surface area contributed by atoms with Crippen LogP contribution in [0.25, 0.3) is 0 Å². The topological polar surface area (TPSA) is 76.1 Å². The van der Waals surface area contributed by atoms with Crippen molar-refractivity contribution in [2.24, 2.45) is 17.8 Å². The molecule has 31 heavy (non-hydrogen) atoms. The summed E-state index contributed by atoms with van der Waals surface area (Å²) in [6.45, 7) is 2.65. The summed E-state index contributed by atoms with van der Waals surface area (Å²) in [6, 6.07) is 7.04. The van der Waals surface area contributed by atoms with Gasteiger partial charge >= 0.3 is 0 Å². The van der Waals surface area contributed by atoms with Crippen LogP contribution in [-0.4, -0.2) is 40.3 Å². The molecule has 6 nitrogen and oxygen atoms in total. The Balaban J connectivity index is 1.05. The number of carbonyl (C=O) groups is 2. The van der Waals surface area contributed by atoms with Crippen LogP contribution in [0.3, 0.4) is 0 Å². The zero-order chi connectivity index (χ0) is 21.6. The van der Waals surface area contributed by atoms with Gasteiger partial charge in [-0.3, -0.25) is 14.5 Å². The third kappa shape index (κ3) is 3.65. The molecule has 1 heterocycles. The molecule has 2 saturated carbocycles. The van der Waals surface area contributed by atoms with Gasteiger partial charge in [0.1, 0.15) is 0 Å². The van der Waals surface area contributed by atoms with Crippen molar-refractivity contribution in [3.05, 3.63) is 47.0 Å². The molecule has 0 saturated heterocycles. The Morgan fingerprint density at radius 2 is 1.77 bits per heavy atom. The molecule has 0 spiro atoms. The summed E-state index contributed by atoms with van der Waals surface area (Å²) < 4.78 is 0. The van der Waals surface area contributed by atoms with Crippen LogP contribution in [0.1, 0.15) is 79.0 Å². The van der Waals surface area contributed by atoms with Crippen molar-refractivity contribution in [2.45, 2.75) is 70.2 Å². The third-order valence-electron chi connectivity index (χ3n) is 7.82. The third-order valence-corrected chi connectivity index (χ3v) is 7.82. The zero-order valence-corrected chi connectivity index (χ0v) is 18.1. The molecule has 2 fully saturated rings. The lowest BCUT2D eigenvalue weighted by Gasteiger charge is -2.42. The summed E-state index contributed by atoms with van der Waals surface area (Å²) in [5, 5.41) is 10.8. The highest BCUT2D eigenvalue weighted by atomic mass is 17.2. The average molecular weight is 426 g/mol. The largest absolute Gasteiger partial charge is 0.363 e. The molecule has 5 rings (SSSR count). The van der Waals surface area contributed by atoms with Gasteiger partial charge in [-0.25, -0.2) is 4.89 Å². The predicted octanol–water partition coefficient (Wildman–Crippen LogP) is 4.24. The van der Waals surface area contributed by atoms with Crippen LogP contribution in [0.2, 0.25) is 0 Å². The van der Waals surface area contributed by atoms with Crippen LogP contribution >= 0.6 is 0 Å². The summed E-state index contributed by atoms with van der Waals surface area (Å²) in [6.07, 6.45) is 9.22. The van der Waals surface area contributed by atoms with Crippen molar-refractivity contribution in [3.63, 3.8) is 0 Å². The van der Waals surface area contributed by atoms with E-state index in [-0.39, 0.29) is 23.8 Å². The summed E-state index contributed by atoms with van der Waals surface area (Å²) in [5.74, 6) is -0.392. The number of amides is 2. The van der Waals surface area contributed by atoms with E-state index >= 15 is 0 Å². The van der Waals surface area contributed by atoms with E-state index in [0.717, 1.165) is 44.9 Å². The number of imide groups is 1. The Hall–Kier alpha value is -2.02. The molecule has 3 aliphatic carbocycles. The maximum absolute atomic E-state index is 12.5. The van der Waals surface area contributed by atoms with Crippen LogP contribution in [0.5, 0.6) is 0 Å². The lowest BCUT2D eigenvalue weighted by molar-refractivity contribution is -0.449. The van der Waals surface area contributed by atoms with Gasteiger partial charge in [-0.2, -0.15) is 4.89 Å². The Morgan fingerprint density at radius 3 is 2.42 bits per heavy atom. The molecule has 0 aromatic heterocycles. The standard InChI is InChI=1S/C25H31NO5/c1-2-17-15-22-19(17)11-13-25(22,29)31-30-18-9-7-16(8-10-18)12-14-26-23(27)20-5-3-4-6-21(20)24(26)28/h3-6,11,16-18,22,29H,2,7-10,12-15H2,1H3. The van der Waals surface area contributed by atoms with Crippen LogP contribution in [0.15, 0.2) is 35.9 Å². The van der Waals surface area contributed by atoms with Crippen molar-refractivity contribution in [1.82, 2.24) is 4.90 Å². The number of benzene rings is 1. The van der Waals surface area contributed by atoms with Crippen LogP contribution in [-0.2, 0) is 9.78 Å². The van der Waals surface area contributed by atoms with E-state index in [1.807, 2.05) is 0 Å². The van der Waals surface area contributed by atoms with Gasteiger partial charge in [-0.1, -0.05) is 30.7 Å². The Bertz CT molecular complexity index is 868. The molecule has 3 unspecified atom stereocenters. The highest BCUT2D eigenvalue weighted by Gasteiger charge is 2.53. The molecule has 1 N–H and O–H groups in total. The van der Waals surface area contributed by atoms with Gasteiger partial charge in [0.15, 0.2) is 0 Å². The van der Waals surface area contributed by atoms with Crippen molar-refractivity contribution >= 4 is 11.8 Å². The Kier molecular flexibility index (Phi) is 5.49. The zero-order valence-electron chi connectivity index (χ0n) is 18.1. The van der Waals surface area contributed by atoms with E-state index in [1.165, 1.54) is 10.5 Å². The summed E-state index contributed by atoms with van der Waals surface area (Å²) in [5.41, 5.74) is 2.37. The van der Waals surface area contributed by atoms with Crippen LogP contribution < -0.4 is 0 Å². The molecule has 1 aliphatic heterocycles. The number of fused-ring (bicyclic) bond motifs is 2. The first-order valence-electron chi connectivity index (χ1n) is 11.7. The normalized spacial score (nSPS) is 34.4. The van der Waals surface area contributed by atoms with E-state index in [1.54, 1.807) is 24.3 Å². The van der Waals surface area contributed by atoms with Gasteiger partial charge in [0, 0.05) is 18.9 Å². The second-order valence-corrected chi connectivity index (χ2v) is 9.57. The summed E-state index contributed by atoms with van der Waals surface area (Å²) >= 11 is 0. The fourth-order valence-corrected chi connectivity index (χ4v) is 5.76. The monoisotopic (exact) mass is 425 g/mol. The molecule has 3 atom stereocenters. The van der Waals surface area contributed by atoms with Crippen molar-refractivity contribution in [1.29, 1.82) is 0 Å².